The lowest BCUT2D eigenvalue weighted by Gasteiger charge is -2.46. The summed E-state index contributed by atoms with van der Waals surface area (Å²) < 4.78 is 31.0. The average molecular weight is 515 g/mol. The van der Waals surface area contributed by atoms with Gasteiger partial charge in [-0.05, 0) is 29.3 Å². The predicted octanol–water partition coefficient (Wildman–Crippen LogP) is 5.76. The lowest BCUT2D eigenvalue weighted by atomic mass is 9.87. The van der Waals surface area contributed by atoms with E-state index in [0.29, 0.717) is 19.8 Å². The molecule has 3 rings (SSSR count). The van der Waals surface area contributed by atoms with Crippen molar-refractivity contribution in [1.82, 2.24) is 0 Å². The van der Waals surface area contributed by atoms with E-state index in [-0.39, 0.29) is 17.1 Å². The number of hydrogen-bond donors (Lipinski definition) is 0. The molecule has 7 heteroatoms. The summed E-state index contributed by atoms with van der Waals surface area (Å²) in [6, 6.07) is 20.0. The van der Waals surface area contributed by atoms with E-state index in [4.69, 9.17) is 23.4 Å². The van der Waals surface area contributed by atoms with Gasteiger partial charge in [0.05, 0.1) is 33.0 Å². The predicted molar refractivity (Wildman–Crippen MR) is 143 cm³/mol. The number of ether oxygens (including phenoxy) is 4. The van der Waals surface area contributed by atoms with Crippen molar-refractivity contribution in [1.29, 1.82) is 0 Å². The Hall–Kier alpha value is -2.03. The molecule has 2 aromatic carbocycles. The molecule has 0 N–H and O–H groups in total. The molecule has 0 aromatic heterocycles. The van der Waals surface area contributed by atoms with Gasteiger partial charge in [0, 0.05) is 5.92 Å². The van der Waals surface area contributed by atoms with Crippen LogP contribution in [0.3, 0.4) is 0 Å². The molecule has 0 bridgehead atoms. The zero-order chi connectivity index (χ0) is 26.3. The average Bonchev–Trinajstić information content (AvgIpc) is 2.86. The third-order valence-electron chi connectivity index (χ3n) is 7.43. The summed E-state index contributed by atoms with van der Waals surface area (Å²) in [6.45, 7) is 14.1. The fraction of sp³-hybridized carbons (Fsp3) is 0.552. The van der Waals surface area contributed by atoms with E-state index in [9.17, 15) is 4.79 Å². The van der Waals surface area contributed by atoms with Crippen molar-refractivity contribution in [2.75, 3.05) is 13.7 Å². The lowest BCUT2D eigenvalue weighted by molar-refractivity contribution is -0.241. The maximum Gasteiger partial charge on any atom is 0.335 e. The Morgan fingerprint density at radius 2 is 1.39 bits per heavy atom. The second-order valence-electron chi connectivity index (χ2n) is 11.1. The van der Waals surface area contributed by atoms with Gasteiger partial charge in [-0.15, -0.1) is 0 Å². The molecule has 198 valence electrons. The van der Waals surface area contributed by atoms with Crippen LogP contribution < -0.4 is 0 Å². The molecule has 1 saturated heterocycles. The molecule has 1 fully saturated rings. The van der Waals surface area contributed by atoms with Gasteiger partial charge in [0.15, 0.2) is 14.4 Å². The molecule has 0 radical (unpaired) electrons. The van der Waals surface area contributed by atoms with Crippen molar-refractivity contribution >= 4 is 14.3 Å². The second kappa shape index (κ2) is 12.5. The van der Waals surface area contributed by atoms with E-state index in [1.54, 1.807) is 0 Å². The third kappa shape index (κ3) is 7.26. The van der Waals surface area contributed by atoms with Crippen LogP contribution in [0.5, 0.6) is 0 Å². The van der Waals surface area contributed by atoms with Gasteiger partial charge >= 0.3 is 5.97 Å². The summed E-state index contributed by atoms with van der Waals surface area (Å²) in [5.41, 5.74) is 2.12. The Kier molecular flexibility index (Phi) is 9.89. The van der Waals surface area contributed by atoms with E-state index < -0.39 is 32.6 Å². The molecule has 0 unspecified atom stereocenters. The van der Waals surface area contributed by atoms with Crippen molar-refractivity contribution in [3.05, 3.63) is 71.8 Å². The first kappa shape index (κ1) is 28.5. The van der Waals surface area contributed by atoms with Crippen molar-refractivity contribution in [2.45, 2.75) is 83.5 Å². The number of carbonyl (C=O) groups is 1. The Morgan fingerprint density at radius 1 is 0.889 bits per heavy atom. The molecule has 1 aliphatic heterocycles. The summed E-state index contributed by atoms with van der Waals surface area (Å²) in [5.74, 6) is -0.680. The fourth-order valence-electron chi connectivity index (χ4n) is 4.08. The van der Waals surface area contributed by atoms with E-state index in [2.05, 4.69) is 33.9 Å². The van der Waals surface area contributed by atoms with Crippen LogP contribution in [0.25, 0.3) is 0 Å². The molecule has 0 amide bonds. The monoisotopic (exact) mass is 514 g/mol. The second-order valence-corrected chi connectivity index (χ2v) is 15.9. The van der Waals surface area contributed by atoms with Crippen molar-refractivity contribution < 1.29 is 28.2 Å². The van der Waals surface area contributed by atoms with E-state index in [1.165, 1.54) is 7.11 Å². The summed E-state index contributed by atoms with van der Waals surface area (Å²) in [5, 5.41) is 0.0420. The highest BCUT2D eigenvalue weighted by Gasteiger charge is 2.49. The van der Waals surface area contributed by atoms with Gasteiger partial charge in [-0.3, -0.25) is 0 Å². The minimum absolute atomic E-state index is 0.0420. The summed E-state index contributed by atoms with van der Waals surface area (Å²) in [4.78, 5) is 12.7. The van der Waals surface area contributed by atoms with Crippen LogP contribution in [-0.2, 0) is 41.4 Å². The molecule has 2 aromatic rings. The van der Waals surface area contributed by atoms with Crippen LogP contribution in [0.1, 0.15) is 38.8 Å². The highest BCUT2D eigenvalue weighted by Crippen LogP contribution is 2.38. The van der Waals surface area contributed by atoms with E-state index in [1.807, 2.05) is 67.6 Å². The van der Waals surface area contributed by atoms with Crippen LogP contribution >= 0.6 is 0 Å². The fourth-order valence-corrected chi connectivity index (χ4v) is 5.10. The van der Waals surface area contributed by atoms with Crippen LogP contribution in [0.15, 0.2) is 60.7 Å². The van der Waals surface area contributed by atoms with Crippen molar-refractivity contribution in [3.63, 3.8) is 0 Å². The molecule has 36 heavy (non-hydrogen) atoms. The van der Waals surface area contributed by atoms with Gasteiger partial charge in [0.25, 0.3) is 0 Å². The first-order valence-electron chi connectivity index (χ1n) is 12.7. The normalized spacial score (nSPS) is 24.9. The first-order chi connectivity index (χ1) is 17.0. The van der Waals surface area contributed by atoms with Gasteiger partial charge in [-0.2, -0.15) is 0 Å². The summed E-state index contributed by atoms with van der Waals surface area (Å²) in [6.07, 6.45) is -2.06. The molecular weight excluding hydrogens is 472 g/mol. The van der Waals surface area contributed by atoms with Crippen LogP contribution in [-0.4, -0.2) is 52.4 Å². The van der Waals surface area contributed by atoms with E-state index >= 15 is 0 Å². The van der Waals surface area contributed by atoms with Gasteiger partial charge < -0.3 is 23.4 Å². The maximum atomic E-state index is 12.7. The Morgan fingerprint density at radius 3 is 1.86 bits per heavy atom. The Balaban J connectivity index is 1.88. The molecule has 5 atom stereocenters. The Labute approximate surface area is 217 Å². The van der Waals surface area contributed by atoms with Crippen LogP contribution in [0.4, 0.5) is 0 Å². The third-order valence-corrected chi connectivity index (χ3v) is 11.9. The smallest absolute Gasteiger partial charge is 0.335 e. The zero-order valence-electron chi connectivity index (χ0n) is 22.7. The van der Waals surface area contributed by atoms with Gasteiger partial charge in [-0.25, -0.2) is 4.79 Å². The first-order valence-corrected chi connectivity index (χ1v) is 15.6. The minimum atomic E-state index is -2.07. The molecular formula is C29H42O6Si. The molecule has 1 heterocycles. The molecule has 0 aliphatic carbocycles. The molecule has 1 aliphatic rings. The quantitative estimate of drug-likeness (QED) is 0.297. The van der Waals surface area contributed by atoms with Crippen molar-refractivity contribution in [2.24, 2.45) is 5.92 Å². The summed E-state index contributed by atoms with van der Waals surface area (Å²) >= 11 is 0. The highest BCUT2D eigenvalue weighted by atomic mass is 28.4. The standard InChI is InChI=1S/C29H42O6Si/c1-21-25(32-18-22-14-10-8-11-15-22)27(33-19-23-16-12-9-13-17-23)24(35-26(21)28(30)31-5)20-34-36(6,7)29(2,3)4/h8-17,21,24-27H,18-20H2,1-7H3/t21-,24-,25-,26-,27-/m1/s1. The van der Waals surface area contributed by atoms with Gasteiger partial charge in [0.1, 0.15) is 12.2 Å². The molecule has 0 saturated carbocycles. The minimum Gasteiger partial charge on any atom is -0.467 e. The van der Waals surface area contributed by atoms with Gasteiger partial charge in [0.2, 0.25) is 0 Å². The number of hydrogen-bond acceptors (Lipinski definition) is 6. The highest BCUT2D eigenvalue weighted by molar-refractivity contribution is 6.74. The largest absolute Gasteiger partial charge is 0.467 e. The van der Waals surface area contributed by atoms with Crippen molar-refractivity contribution in [3.8, 4) is 0 Å². The molecule has 0 spiro atoms. The van der Waals surface area contributed by atoms with E-state index in [0.717, 1.165) is 11.1 Å². The topological polar surface area (TPSA) is 63.2 Å². The number of rotatable bonds is 10. The number of esters is 1. The number of benzene rings is 2. The number of methoxy groups -OCH3 is 1. The number of carbonyl (C=O) groups excluding carboxylic acids is 1. The van der Waals surface area contributed by atoms with Crippen LogP contribution in [0, 0.1) is 5.92 Å². The van der Waals surface area contributed by atoms with Gasteiger partial charge in [-0.1, -0.05) is 88.4 Å². The molecule has 6 nitrogen and oxygen atoms in total. The summed E-state index contributed by atoms with van der Waals surface area (Å²) in [7, 11) is -0.679. The van der Waals surface area contributed by atoms with Crippen LogP contribution in [0.2, 0.25) is 18.1 Å². The lowest BCUT2D eigenvalue weighted by Crippen LogP contribution is -2.59. The zero-order valence-corrected chi connectivity index (χ0v) is 23.7. The SMILES string of the molecule is COC(=O)[C@@H]1O[C@H](CO[Si](C)(C)C(C)(C)C)[C@@H](OCc2ccccc2)[C@H](OCc2ccccc2)[C@H]1C. The Bertz CT molecular complexity index is 943. The maximum absolute atomic E-state index is 12.7.